The Morgan fingerprint density at radius 2 is 2.06 bits per heavy atom. The summed E-state index contributed by atoms with van der Waals surface area (Å²) in [4.78, 5) is 10.9. The number of hydrogen-bond donors (Lipinski definition) is 0. The highest BCUT2D eigenvalue weighted by atomic mass is 35.5. The molecule has 0 radical (unpaired) electrons. The summed E-state index contributed by atoms with van der Waals surface area (Å²) in [6, 6.07) is 3.36. The van der Waals surface area contributed by atoms with E-state index in [4.69, 9.17) is 16.3 Å². The SMILES string of the molecule is C=CCOc1c(C=O)cc(Cl)cc1CC=C. The molecule has 0 spiro atoms. The molecular formula is C13H13ClO2. The summed E-state index contributed by atoms with van der Waals surface area (Å²) < 4.78 is 5.46. The van der Waals surface area contributed by atoms with Crippen LogP contribution in [0.2, 0.25) is 5.02 Å². The minimum absolute atomic E-state index is 0.354. The van der Waals surface area contributed by atoms with Crippen LogP contribution in [0.4, 0.5) is 0 Å². The van der Waals surface area contributed by atoms with Crippen LogP contribution < -0.4 is 4.74 Å². The third kappa shape index (κ3) is 2.97. The predicted octanol–water partition coefficient (Wildman–Crippen LogP) is 3.45. The molecule has 1 aromatic carbocycles. The molecule has 0 N–H and O–H groups in total. The molecule has 0 bridgehead atoms. The summed E-state index contributed by atoms with van der Waals surface area (Å²) in [5.74, 6) is 0.555. The second-order valence-electron chi connectivity index (χ2n) is 3.19. The number of ether oxygens (including phenoxy) is 1. The first-order valence-electron chi connectivity index (χ1n) is 4.85. The van der Waals surface area contributed by atoms with Crippen molar-refractivity contribution in [1.29, 1.82) is 0 Å². The highest BCUT2D eigenvalue weighted by Gasteiger charge is 2.10. The Bertz CT molecular complexity index is 411. The normalized spacial score (nSPS) is 9.56. The van der Waals surface area contributed by atoms with Crippen LogP contribution in [0.15, 0.2) is 37.4 Å². The largest absolute Gasteiger partial charge is 0.488 e. The summed E-state index contributed by atoms with van der Waals surface area (Å²) in [6.45, 7) is 7.57. The van der Waals surface area contributed by atoms with E-state index >= 15 is 0 Å². The molecule has 2 nitrogen and oxygen atoms in total. The maximum atomic E-state index is 10.9. The lowest BCUT2D eigenvalue weighted by Gasteiger charge is -2.11. The number of allylic oxidation sites excluding steroid dienone is 1. The van der Waals surface area contributed by atoms with Crippen molar-refractivity contribution in [2.75, 3.05) is 6.61 Å². The van der Waals surface area contributed by atoms with Crippen molar-refractivity contribution in [3.05, 3.63) is 53.6 Å². The zero-order valence-corrected chi connectivity index (χ0v) is 9.67. The Balaban J connectivity index is 3.19. The van der Waals surface area contributed by atoms with Gasteiger partial charge in [-0.1, -0.05) is 30.3 Å². The van der Waals surface area contributed by atoms with Gasteiger partial charge in [-0.05, 0) is 18.6 Å². The summed E-state index contributed by atoms with van der Waals surface area (Å²) >= 11 is 5.90. The first-order valence-corrected chi connectivity index (χ1v) is 5.23. The van der Waals surface area contributed by atoms with Crippen molar-refractivity contribution in [2.45, 2.75) is 6.42 Å². The third-order valence-corrected chi connectivity index (χ3v) is 2.21. The van der Waals surface area contributed by atoms with Crippen molar-refractivity contribution < 1.29 is 9.53 Å². The molecule has 0 unspecified atom stereocenters. The topological polar surface area (TPSA) is 26.3 Å². The molecule has 84 valence electrons. The highest BCUT2D eigenvalue weighted by Crippen LogP contribution is 2.28. The summed E-state index contributed by atoms with van der Waals surface area (Å²) in [5.41, 5.74) is 1.30. The van der Waals surface area contributed by atoms with E-state index in [0.717, 1.165) is 11.8 Å². The van der Waals surface area contributed by atoms with Crippen molar-refractivity contribution in [3.63, 3.8) is 0 Å². The fourth-order valence-corrected chi connectivity index (χ4v) is 1.64. The lowest BCUT2D eigenvalue weighted by Crippen LogP contribution is -2.01. The lowest BCUT2D eigenvalue weighted by atomic mass is 10.1. The second-order valence-corrected chi connectivity index (χ2v) is 3.63. The molecule has 0 aliphatic heterocycles. The van der Waals surface area contributed by atoms with E-state index in [1.54, 1.807) is 24.3 Å². The number of halogens is 1. The molecule has 0 saturated carbocycles. The van der Waals surface area contributed by atoms with Gasteiger partial charge in [0.1, 0.15) is 12.4 Å². The van der Waals surface area contributed by atoms with Gasteiger partial charge in [-0.3, -0.25) is 4.79 Å². The summed E-state index contributed by atoms with van der Waals surface area (Å²) in [7, 11) is 0. The number of benzene rings is 1. The van der Waals surface area contributed by atoms with Crippen molar-refractivity contribution in [3.8, 4) is 5.75 Å². The van der Waals surface area contributed by atoms with E-state index in [-0.39, 0.29) is 0 Å². The summed E-state index contributed by atoms with van der Waals surface area (Å²) in [6.07, 6.45) is 4.70. The summed E-state index contributed by atoms with van der Waals surface area (Å²) in [5, 5.41) is 0.518. The molecule has 0 aromatic heterocycles. The fourth-order valence-electron chi connectivity index (χ4n) is 1.39. The maximum Gasteiger partial charge on any atom is 0.153 e. The Morgan fingerprint density at radius 3 is 2.62 bits per heavy atom. The van der Waals surface area contributed by atoms with E-state index in [2.05, 4.69) is 13.2 Å². The van der Waals surface area contributed by atoms with Gasteiger partial charge in [0.05, 0.1) is 5.56 Å². The number of carbonyl (C=O) groups is 1. The van der Waals surface area contributed by atoms with E-state index < -0.39 is 0 Å². The van der Waals surface area contributed by atoms with Gasteiger partial charge in [0.25, 0.3) is 0 Å². The number of carbonyl (C=O) groups excluding carboxylic acids is 1. The Kier molecular flexibility index (Phi) is 4.80. The average molecular weight is 237 g/mol. The average Bonchev–Trinajstić information content (AvgIpc) is 2.27. The van der Waals surface area contributed by atoms with Crippen LogP contribution in [0.5, 0.6) is 5.75 Å². The molecular weight excluding hydrogens is 224 g/mol. The van der Waals surface area contributed by atoms with Crippen molar-refractivity contribution in [2.24, 2.45) is 0 Å². The zero-order valence-electron chi connectivity index (χ0n) is 8.91. The van der Waals surface area contributed by atoms with Crippen LogP contribution >= 0.6 is 11.6 Å². The molecule has 0 amide bonds. The fraction of sp³-hybridized carbons (Fsp3) is 0.154. The number of rotatable bonds is 6. The first-order chi connectivity index (χ1) is 7.72. The van der Waals surface area contributed by atoms with Crippen molar-refractivity contribution in [1.82, 2.24) is 0 Å². The highest BCUT2D eigenvalue weighted by molar-refractivity contribution is 6.31. The molecule has 0 aliphatic carbocycles. The first kappa shape index (κ1) is 12.5. The van der Waals surface area contributed by atoms with Gasteiger partial charge >= 0.3 is 0 Å². The van der Waals surface area contributed by atoms with Crippen molar-refractivity contribution >= 4 is 17.9 Å². The van der Waals surface area contributed by atoms with Gasteiger partial charge < -0.3 is 4.74 Å². The van der Waals surface area contributed by atoms with E-state index in [1.165, 1.54) is 0 Å². The standard InChI is InChI=1S/C13H13ClO2/c1-3-5-10-7-12(14)8-11(9-15)13(10)16-6-4-2/h3-4,7-9H,1-2,5-6H2. The second kappa shape index (κ2) is 6.13. The van der Waals surface area contributed by atoms with Gasteiger partial charge in [-0.2, -0.15) is 0 Å². The van der Waals surface area contributed by atoms with Gasteiger partial charge in [0, 0.05) is 10.6 Å². The zero-order chi connectivity index (χ0) is 12.0. The predicted molar refractivity (Wildman–Crippen MR) is 66.4 cm³/mol. The third-order valence-electron chi connectivity index (χ3n) is 2.00. The van der Waals surface area contributed by atoms with E-state index in [1.807, 2.05) is 0 Å². The minimum atomic E-state index is 0.354. The van der Waals surface area contributed by atoms with Gasteiger partial charge in [0.15, 0.2) is 6.29 Å². The Labute approximate surface area is 100 Å². The molecule has 0 atom stereocenters. The Hall–Kier alpha value is -1.54. The molecule has 0 heterocycles. The smallest absolute Gasteiger partial charge is 0.153 e. The van der Waals surface area contributed by atoms with Crippen LogP contribution in [-0.2, 0) is 6.42 Å². The number of aldehydes is 1. The number of hydrogen-bond acceptors (Lipinski definition) is 2. The molecule has 0 saturated heterocycles. The molecule has 0 fully saturated rings. The molecule has 3 heteroatoms. The van der Waals surface area contributed by atoms with Crippen LogP contribution in [0, 0.1) is 0 Å². The Morgan fingerprint density at radius 1 is 1.31 bits per heavy atom. The van der Waals surface area contributed by atoms with Crippen LogP contribution in [0.1, 0.15) is 15.9 Å². The molecule has 16 heavy (non-hydrogen) atoms. The van der Waals surface area contributed by atoms with Gasteiger partial charge in [-0.25, -0.2) is 0 Å². The van der Waals surface area contributed by atoms with Crippen LogP contribution in [-0.4, -0.2) is 12.9 Å². The lowest BCUT2D eigenvalue weighted by molar-refractivity contribution is 0.112. The minimum Gasteiger partial charge on any atom is -0.488 e. The monoisotopic (exact) mass is 236 g/mol. The quantitative estimate of drug-likeness (QED) is 0.559. The van der Waals surface area contributed by atoms with Crippen LogP contribution in [0.3, 0.4) is 0 Å². The van der Waals surface area contributed by atoms with E-state index in [0.29, 0.717) is 29.4 Å². The molecule has 1 aromatic rings. The van der Waals surface area contributed by atoms with Crippen LogP contribution in [0.25, 0.3) is 0 Å². The molecule has 0 aliphatic rings. The van der Waals surface area contributed by atoms with E-state index in [9.17, 15) is 4.79 Å². The van der Waals surface area contributed by atoms with Gasteiger partial charge in [0.2, 0.25) is 0 Å². The maximum absolute atomic E-state index is 10.9. The van der Waals surface area contributed by atoms with Gasteiger partial charge in [-0.15, -0.1) is 6.58 Å². The molecule has 1 rings (SSSR count).